The van der Waals surface area contributed by atoms with Crippen molar-refractivity contribution in [2.24, 2.45) is 11.8 Å². The summed E-state index contributed by atoms with van der Waals surface area (Å²) in [5.74, 6) is 3.41. The lowest BCUT2D eigenvalue weighted by Gasteiger charge is -2.23. The first-order valence-corrected chi connectivity index (χ1v) is 8.67. The maximum Gasteiger partial charge on any atom is 0.136 e. The van der Waals surface area contributed by atoms with Crippen LogP contribution >= 0.6 is 0 Å². The van der Waals surface area contributed by atoms with E-state index in [1.165, 1.54) is 12.8 Å². The topological polar surface area (TPSA) is 47.5 Å². The lowest BCUT2D eigenvalue weighted by Crippen LogP contribution is -2.26. The molecule has 0 bridgehead atoms. The fourth-order valence-electron chi connectivity index (χ4n) is 3.51. The Morgan fingerprint density at radius 3 is 2.74 bits per heavy atom. The molecule has 128 valence electrons. The van der Waals surface area contributed by atoms with E-state index in [4.69, 9.17) is 14.5 Å². The van der Waals surface area contributed by atoms with E-state index >= 15 is 0 Å². The van der Waals surface area contributed by atoms with Crippen molar-refractivity contribution in [3.8, 4) is 0 Å². The minimum absolute atomic E-state index is 0.0586. The van der Waals surface area contributed by atoms with E-state index in [2.05, 4.69) is 36.7 Å². The number of hydrogen-bond donors (Lipinski definition) is 0. The largest absolute Gasteiger partial charge is 0.381 e. The van der Waals surface area contributed by atoms with Gasteiger partial charge < -0.3 is 14.4 Å². The van der Waals surface area contributed by atoms with Gasteiger partial charge in [-0.15, -0.1) is 0 Å². The van der Waals surface area contributed by atoms with Crippen molar-refractivity contribution in [1.29, 1.82) is 0 Å². The highest BCUT2D eigenvalue weighted by Crippen LogP contribution is 2.32. The van der Waals surface area contributed by atoms with Crippen LogP contribution in [0.4, 0.5) is 5.82 Å². The first kappa shape index (κ1) is 16.7. The molecular weight excluding hydrogens is 290 g/mol. The molecule has 2 atom stereocenters. The Kier molecular flexibility index (Phi) is 4.87. The molecule has 0 amide bonds. The zero-order chi connectivity index (χ0) is 16.4. The molecule has 0 aromatic carbocycles. The summed E-state index contributed by atoms with van der Waals surface area (Å²) in [6, 6.07) is 2.09. The number of rotatable bonds is 4. The molecule has 2 aliphatic heterocycles. The molecule has 2 unspecified atom stereocenters. The van der Waals surface area contributed by atoms with Gasteiger partial charge in [-0.05, 0) is 24.7 Å². The first-order chi connectivity index (χ1) is 11.0. The van der Waals surface area contributed by atoms with Crippen LogP contribution in [0.2, 0.25) is 0 Å². The van der Waals surface area contributed by atoms with Crippen molar-refractivity contribution in [2.45, 2.75) is 45.6 Å². The van der Waals surface area contributed by atoms with Crippen molar-refractivity contribution < 1.29 is 9.47 Å². The molecule has 2 saturated heterocycles. The van der Waals surface area contributed by atoms with Gasteiger partial charge in [0.25, 0.3) is 0 Å². The van der Waals surface area contributed by atoms with E-state index < -0.39 is 0 Å². The Morgan fingerprint density at radius 1 is 1.26 bits per heavy atom. The average molecular weight is 319 g/mol. The summed E-state index contributed by atoms with van der Waals surface area (Å²) in [5.41, 5.74) is 0.909. The van der Waals surface area contributed by atoms with Gasteiger partial charge in [-0.25, -0.2) is 9.97 Å². The van der Waals surface area contributed by atoms with Gasteiger partial charge in [0, 0.05) is 44.9 Å². The summed E-state index contributed by atoms with van der Waals surface area (Å²) < 4.78 is 10.9. The molecular formula is C18H29N3O2. The average Bonchev–Trinajstić information content (AvgIpc) is 3.17. The number of anilines is 1. The number of methoxy groups -OCH3 is 1. The first-order valence-electron chi connectivity index (χ1n) is 8.67. The molecule has 5 heteroatoms. The van der Waals surface area contributed by atoms with Crippen molar-refractivity contribution in [3.63, 3.8) is 0 Å². The number of ether oxygens (including phenoxy) is 2. The van der Waals surface area contributed by atoms with E-state index in [-0.39, 0.29) is 5.41 Å². The molecule has 23 heavy (non-hydrogen) atoms. The Labute approximate surface area is 139 Å². The van der Waals surface area contributed by atoms with Crippen LogP contribution in [0.25, 0.3) is 0 Å². The van der Waals surface area contributed by atoms with Crippen LogP contribution in [0.15, 0.2) is 6.07 Å². The summed E-state index contributed by atoms with van der Waals surface area (Å²) in [5, 5.41) is 0. The second-order valence-electron chi connectivity index (χ2n) is 7.84. The molecule has 1 aromatic rings. The van der Waals surface area contributed by atoms with Gasteiger partial charge in [0.05, 0.1) is 12.3 Å². The standard InChI is InChI=1S/C18H29N3O2/c1-18(2,3)17-19-15(12-22-4)9-16(20-17)21-7-5-13(10-21)14-6-8-23-11-14/h9,13-14H,5-8,10-12H2,1-4H3. The Morgan fingerprint density at radius 2 is 2.09 bits per heavy atom. The van der Waals surface area contributed by atoms with Gasteiger partial charge >= 0.3 is 0 Å². The molecule has 0 N–H and O–H groups in total. The fraction of sp³-hybridized carbons (Fsp3) is 0.778. The fourth-order valence-corrected chi connectivity index (χ4v) is 3.51. The van der Waals surface area contributed by atoms with E-state index in [9.17, 15) is 0 Å². The Hall–Kier alpha value is -1.20. The van der Waals surface area contributed by atoms with Crippen molar-refractivity contribution in [3.05, 3.63) is 17.6 Å². The highest BCUT2D eigenvalue weighted by molar-refractivity contribution is 5.42. The normalized spacial score (nSPS) is 25.3. The van der Waals surface area contributed by atoms with Gasteiger partial charge in [0.15, 0.2) is 0 Å². The SMILES string of the molecule is COCc1cc(N2CCC(C3CCOC3)C2)nc(C(C)(C)C)n1. The van der Waals surface area contributed by atoms with Crippen LogP contribution in [0.1, 0.15) is 45.1 Å². The number of nitrogens with zero attached hydrogens (tertiary/aromatic N) is 3. The quantitative estimate of drug-likeness (QED) is 0.854. The predicted octanol–water partition coefficient (Wildman–Crippen LogP) is 2.78. The lowest BCUT2D eigenvalue weighted by molar-refractivity contribution is 0.174. The van der Waals surface area contributed by atoms with Gasteiger partial charge in [-0.1, -0.05) is 20.8 Å². The number of aromatic nitrogens is 2. The van der Waals surface area contributed by atoms with Gasteiger partial charge in [-0.2, -0.15) is 0 Å². The zero-order valence-corrected chi connectivity index (χ0v) is 14.8. The maximum atomic E-state index is 5.56. The third-order valence-electron chi connectivity index (χ3n) is 4.91. The number of hydrogen-bond acceptors (Lipinski definition) is 5. The predicted molar refractivity (Wildman–Crippen MR) is 90.7 cm³/mol. The van der Waals surface area contributed by atoms with Crippen LogP contribution < -0.4 is 4.90 Å². The Balaban J connectivity index is 1.79. The summed E-state index contributed by atoms with van der Waals surface area (Å²) in [6.07, 6.45) is 2.45. The zero-order valence-electron chi connectivity index (χ0n) is 14.8. The molecule has 0 saturated carbocycles. The summed E-state index contributed by atoms with van der Waals surface area (Å²) in [6.45, 7) is 11.0. The Bertz CT molecular complexity index is 536. The smallest absolute Gasteiger partial charge is 0.136 e. The van der Waals surface area contributed by atoms with Crippen molar-refractivity contribution in [2.75, 3.05) is 38.3 Å². The molecule has 2 aliphatic rings. The van der Waals surface area contributed by atoms with E-state index in [1.54, 1.807) is 7.11 Å². The minimum atomic E-state index is -0.0586. The maximum absolute atomic E-state index is 5.56. The van der Waals surface area contributed by atoms with Crippen molar-refractivity contribution in [1.82, 2.24) is 9.97 Å². The van der Waals surface area contributed by atoms with Crippen LogP contribution in [0, 0.1) is 11.8 Å². The van der Waals surface area contributed by atoms with Crippen LogP contribution in [0.5, 0.6) is 0 Å². The van der Waals surface area contributed by atoms with Crippen LogP contribution in [-0.4, -0.2) is 43.4 Å². The highest BCUT2D eigenvalue weighted by atomic mass is 16.5. The lowest BCUT2D eigenvalue weighted by atomic mass is 9.91. The third kappa shape index (κ3) is 3.83. The highest BCUT2D eigenvalue weighted by Gasteiger charge is 2.33. The van der Waals surface area contributed by atoms with Gasteiger partial charge in [0.1, 0.15) is 11.6 Å². The van der Waals surface area contributed by atoms with E-state index in [0.29, 0.717) is 6.61 Å². The molecule has 0 radical (unpaired) electrons. The monoisotopic (exact) mass is 319 g/mol. The molecule has 2 fully saturated rings. The molecule has 5 nitrogen and oxygen atoms in total. The van der Waals surface area contributed by atoms with Gasteiger partial charge in [-0.3, -0.25) is 0 Å². The van der Waals surface area contributed by atoms with E-state index in [1.807, 2.05) is 0 Å². The second kappa shape index (κ2) is 6.73. The molecule has 0 spiro atoms. The van der Waals surface area contributed by atoms with E-state index in [0.717, 1.165) is 55.5 Å². The molecule has 0 aliphatic carbocycles. The third-order valence-corrected chi connectivity index (χ3v) is 4.91. The van der Waals surface area contributed by atoms with Crippen molar-refractivity contribution >= 4 is 5.82 Å². The molecule has 3 rings (SSSR count). The summed E-state index contributed by atoms with van der Waals surface area (Å²) in [4.78, 5) is 12.0. The summed E-state index contributed by atoms with van der Waals surface area (Å²) in [7, 11) is 1.71. The summed E-state index contributed by atoms with van der Waals surface area (Å²) >= 11 is 0. The molecule has 3 heterocycles. The van der Waals surface area contributed by atoms with Gasteiger partial charge in [0.2, 0.25) is 0 Å². The van der Waals surface area contributed by atoms with Crippen LogP contribution in [0.3, 0.4) is 0 Å². The second-order valence-corrected chi connectivity index (χ2v) is 7.84. The minimum Gasteiger partial charge on any atom is -0.381 e. The van der Waals surface area contributed by atoms with Crippen LogP contribution in [-0.2, 0) is 21.5 Å². The molecule has 1 aromatic heterocycles.